The van der Waals surface area contributed by atoms with Crippen LogP contribution in [0.2, 0.25) is 9.36 Å². The Bertz CT molecular complexity index is 1070. The van der Waals surface area contributed by atoms with Crippen LogP contribution in [0.25, 0.3) is 11.1 Å². The number of hydrogen-bond donors (Lipinski definition) is 0. The summed E-state index contributed by atoms with van der Waals surface area (Å²) in [4.78, 5) is 0. The summed E-state index contributed by atoms with van der Waals surface area (Å²) in [5.74, 6) is 0. The molecule has 0 saturated heterocycles. The molecule has 2 aliphatic carbocycles. The molecule has 0 heterocycles. The smallest absolute Gasteiger partial charge is 0.147 e. The Morgan fingerprint density at radius 1 is 0.700 bits per heavy atom. The maximum Gasteiger partial charge on any atom is -0.147 e. The molecule has 4 rings (SSSR count). The van der Waals surface area contributed by atoms with Crippen LogP contribution in [0.3, 0.4) is 0 Å². The molecular formula is C26H32Cl2GeHf. The fraction of sp³-hybridized carbons (Fsp3) is 0.231. The van der Waals surface area contributed by atoms with Crippen LogP contribution < -0.4 is 0 Å². The number of rotatable bonds is 4. The van der Waals surface area contributed by atoms with Crippen LogP contribution in [0.5, 0.6) is 0 Å². The van der Waals surface area contributed by atoms with Crippen molar-refractivity contribution < 1.29 is 15.4 Å². The molecule has 0 aromatic heterocycles. The molecule has 158 valence electrons. The van der Waals surface area contributed by atoms with Gasteiger partial charge >= 0.3 is 177 Å². The van der Waals surface area contributed by atoms with Gasteiger partial charge in [0.25, 0.3) is 0 Å². The molecule has 0 fully saturated rings. The van der Waals surface area contributed by atoms with Gasteiger partial charge in [-0.25, -0.2) is 0 Å². The van der Waals surface area contributed by atoms with E-state index in [4.69, 9.17) is 0 Å². The van der Waals surface area contributed by atoms with Gasteiger partial charge in [-0.15, -0.1) is 24.8 Å². The zero-order valence-corrected chi connectivity index (χ0v) is 26.6. The summed E-state index contributed by atoms with van der Waals surface area (Å²) in [6, 6.07) is 18.1. The molecule has 2 aromatic carbocycles. The molecule has 0 aliphatic heterocycles. The van der Waals surface area contributed by atoms with Crippen LogP contribution in [-0.4, -0.2) is 12.2 Å². The summed E-state index contributed by atoms with van der Waals surface area (Å²) in [5, 5.41) is 0. The van der Waals surface area contributed by atoms with Crippen LogP contribution >= 0.6 is 24.8 Å². The van der Waals surface area contributed by atoms with Crippen molar-refractivity contribution in [3.05, 3.63) is 102 Å². The van der Waals surface area contributed by atoms with Crippen LogP contribution in [-0.2, 0) is 15.4 Å². The number of benzene rings is 2. The van der Waals surface area contributed by atoms with Crippen molar-refractivity contribution in [3.63, 3.8) is 0 Å². The van der Waals surface area contributed by atoms with E-state index in [0.29, 0.717) is 0 Å². The van der Waals surface area contributed by atoms with Gasteiger partial charge in [0.2, 0.25) is 0 Å². The maximum absolute atomic E-state index is 3.32. The number of allylic oxidation sites excluding steroid dienone is 8. The second kappa shape index (κ2) is 9.49. The van der Waals surface area contributed by atoms with E-state index in [0.717, 1.165) is 12.8 Å². The molecule has 0 atom stereocenters. The number of hydrogen-bond acceptors (Lipinski definition) is 0. The Hall–Kier alpha value is -0.607. The average molecular weight is 667 g/mol. The van der Waals surface area contributed by atoms with E-state index < -0.39 is 15.4 Å². The van der Waals surface area contributed by atoms with E-state index in [9.17, 15) is 0 Å². The molecule has 0 bridgehead atoms. The average Bonchev–Trinajstić information content (AvgIpc) is 3.32. The Labute approximate surface area is 199 Å². The molecule has 4 heteroatoms. The topological polar surface area (TPSA) is 0 Å². The number of halogens is 2. The first-order valence-corrected chi connectivity index (χ1v) is 35.7. The second-order valence-electron chi connectivity index (χ2n) is 9.42. The van der Waals surface area contributed by atoms with E-state index >= 15 is 0 Å². The van der Waals surface area contributed by atoms with Crippen molar-refractivity contribution >= 4 is 48.2 Å². The van der Waals surface area contributed by atoms with Gasteiger partial charge in [0, 0.05) is 0 Å². The molecule has 0 radical (unpaired) electrons. The molecule has 0 spiro atoms. The normalized spacial score (nSPS) is 16.0. The van der Waals surface area contributed by atoms with E-state index in [1.165, 1.54) is 45.6 Å². The summed E-state index contributed by atoms with van der Waals surface area (Å²) in [5.41, 5.74) is 8.57. The van der Waals surface area contributed by atoms with Crippen molar-refractivity contribution in [2.45, 2.75) is 36.0 Å². The molecular weight excluding hydrogens is 634 g/mol. The van der Waals surface area contributed by atoms with Crippen LogP contribution in [0.1, 0.15) is 35.1 Å². The third kappa shape index (κ3) is 4.75. The summed E-state index contributed by atoms with van der Waals surface area (Å²) >= 11 is -1.89. The van der Waals surface area contributed by atoms with E-state index in [2.05, 4.69) is 96.0 Å². The van der Waals surface area contributed by atoms with E-state index in [1.807, 2.05) is 0 Å². The van der Waals surface area contributed by atoms with Crippen molar-refractivity contribution in [1.29, 1.82) is 0 Å². The molecule has 30 heavy (non-hydrogen) atoms. The molecule has 0 nitrogen and oxygen atoms in total. The predicted molar refractivity (Wildman–Crippen MR) is 138 cm³/mol. The van der Waals surface area contributed by atoms with Crippen LogP contribution in [0, 0.1) is 13.8 Å². The summed E-state index contributed by atoms with van der Waals surface area (Å²) in [6.07, 6.45) is 11.9. The summed E-state index contributed by atoms with van der Waals surface area (Å²) < 4.78 is 9.00. The first-order valence-electron chi connectivity index (χ1n) is 10.3. The molecule has 0 amide bonds. The Morgan fingerprint density at radius 3 is 1.47 bits per heavy atom. The first kappa shape index (κ1) is 25.7. The van der Waals surface area contributed by atoms with Crippen LogP contribution in [0.15, 0.2) is 79.5 Å². The second-order valence-corrected chi connectivity index (χ2v) is 69.5. The van der Waals surface area contributed by atoms with Gasteiger partial charge in [-0.05, 0) is 0 Å². The Kier molecular flexibility index (Phi) is 8.11. The minimum absolute atomic E-state index is 0. The van der Waals surface area contributed by atoms with Crippen molar-refractivity contribution in [2.75, 3.05) is 0 Å². The largest absolute Gasteiger partial charge is 0.147 e. The van der Waals surface area contributed by atoms with Gasteiger partial charge in [0.15, 0.2) is 0 Å². The van der Waals surface area contributed by atoms with Crippen molar-refractivity contribution in [2.24, 2.45) is 0 Å². The molecule has 2 aliphatic rings. The quantitative estimate of drug-likeness (QED) is 0.297. The van der Waals surface area contributed by atoms with Crippen molar-refractivity contribution in [1.82, 2.24) is 0 Å². The molecule has 0 saturated carbocycles. The third-order valence-electron chi connectivity index (χ3n) is 6.46. The number of aryl methyl sites for hydroxylation is 2. The van der Waals surface area contributed by atoms with Gasteiger partial charge in [0.1, 0.15) is 0 Å². The maximum atomic E-state index is 2.70. The van der Waals surface area contributed by atoms with Crippen LogP contribution in [0.4, 0.5) is 0 Å². The van der Waals surface area contributed by atoms with Gasteiger partial charge < -0.3 is 0 Å². The summed E-state index contributed by atoms with van der Waals surface area (Å²) in [6.45, 7) is 4.40. The fourth-order valence-corrected chi connectivity index (χ4v) is 31.1. The van der Waals surface area contributed by atoms with E-state index in [-0.39, 0.29) is 24.8 Å². The molecule has 0 unspecified atom stereocenters. The fourth-order valence-electron chi connectivity index (χ4n) is 4.88. The zero-order chi connectivity index (χ0) is 20.0. The first-order chi connectivity index (χ1) is 13.2. The Balaban J connectivity index is 0.00000160. The zero-order valence-electron chi connectivity index (χ0n) is 18.4. The monoisotopic (exact) mass is 668 g/mol. The van der Waals surface area contributed by atoms with Gasteiger partial charge in [-0.2, -0.15) is 0 Å². The SMILES string of the molecule is Cc1cccc(C2=[C]([Hf]([CH3])([CH3])(=[GeH2])[C]3=C(c4cccc(C)c4)C=CC3)CC=C2)c1.Cl.Cl. The van der Waals surface area contributed by atoms with E-state index in [1.54, 1.807) is 6.66 Å². The predicted octanol–water partition coefficient (Wildman–Crippen LogP) is 7.52. The third-order valence-corrected chi connectivity index (χ3v) is 38.4. The van der Waals surface area contributed by atoms with Crippen molar-refractivity contribution in [3.8, 4) is 0 Å². The van der Waals surface area contributed by atoms with Gasteiger partial charge in [0.05, 0.1) is 0 Å². The van der Waals surface area contributed by atoms with Gasteiger partial charge in [-0.3, -0.25) is 0 Å². The Morgan fingerprint density at radius 2 is 1.10 bits per heavy atom. The molecule has 0 N–H and O–H groups in total. The minimum Gasteiger partial charge on any atom is -0.147 e. The summed E-state index contributed by atoms with van der Waals surface area (Å²) in [7, 11) is 0. The minimum atomic E-state index is -3.32. The van der Waals surface area contributed by atoms with Gasteiger partial charge in [-0.1, -0.05) is 0 Å². The molecule has 2 aromatic rings. The standard InChI is InChI=1S/2C12H11.2CH3.2ClH.GeH2.Hf/c2*1-10-5-4-8-12(9-10)11-6-2-3-7-11;;;;;;/h2*2,4-6,8-9H,3H2,1H3;2*1H3;2*1H;1H2;.